The molecule has 0 radical (unpaired) electrons. The standard InChI is InChI=1S/C15H18N2O/c1-11(16-2)12-4-6-13(7-5-12)14-8-9-15(18-3)17-10-14/h4-11,16H,1-3H3. The molecule has 0 aliphatic rings. The van der Waals surface area contributed by atoms with Crippen molar-refractivity contribution < 1.29 is 4.74 Å². The summed E-state index contributed by atoms with van der Waals surface area (Å²) in [6.07, 6.45) is 1.83. The predicted molar refractivity (Wildman–Crippen MR) is 73.7 cm³/mol. The highest BCUT2D eigenvalue weighted by molar-refractivity contribution is 5.63. The minimum Gasteiger partial charge on any atom is -0.481 e. The summed E-state index contributed by atoms with van der Waals surface area (Å²) >= 11 is 0. The smallest absolute Gasteiger partial charge is 0.212 e. The van der Waals surface area contributed by atoms with E-state index in [1.54, 1.807) is 7.11 Å². The van der Waals surface area contributed by atoms with E-state index in [2.05, 4.69) is 41.5 Å². The first-order valence-corrected chi connectivity index (χ1v) is 6.02. The van der Waals surface area contributed by atoms with Crippen LogP contribution in [0.4, 0.5) is 0 Å². The minimum atomic E-state index is 0.369. The van der Waals surface area contributed by atoms with Crippen LogP contribution in [0, 0.1) is 0 Å². The Morgan fingerprint density at radius 1 is 1.06 bits per heavy atom. The number of methoxy groups -OCH3 is 1. The normalized spacial score (nSPS) is 12.2. The molecule has 3 nitrogen and oxygen atoms in total. The van der Waals surface area contributed by atoms with Crippen molar-refractivity contribution in [2.45, 2.75) is 13.0 Å². The van der Waals surface area contributed by atoms with Crippen LogP contribution in [-0.2, 0) is 0 Å². The lowest BCUT2D eigenvalue weighted by Gasteiger charge is -2.11. The van der Waals surface area contributed by atoms with Crippen LogP contribution < -0.4 is 10.1 Å². The van der Waals surface area contributed by atoms with Crippen LogP contribution in [0.1, 0.15) is 18.5 Å². The Balaban J connectivity index is 2.22. The molecule has 94 valence electrons. The molecule has 2 rings (SSSR count). The molecular weight excluding hydrogens is 224 g/mol. The number of nitrogens with zero attached hydrogens (tertiary/aromatic N) is 1. The first-order valence-electron chi connectivity index (χ1n) is 6.02. The fourth-order valence-electron chi connectivity index (χ4n) is 1.80. The van der Waals surface area contributed by atoms with Crippen molar-refractivity contribution in [3.05, 3.63) is 48.2 Å². The third-order valence-electron chi connectivity index (χ3n) is 3.12. The Morgan fingerprint density at radius 2 is 1.72 bits per heavy atom. The molecule has 0 spiro atoms. The van der Waals surface area contributed by atoms with Gasteiger partial charge in [-0.3, -0.25) is 0 Å². The number of nitrogens with one attached hydrogen (secondary N) is 1. The highest BCUT2D eigenvalue weighted by Crippen LogP contribution is 2.22. The zero-order valence-electron chi connectivity index (χ0n) is 11.0. The Labute approximate surface area is 108 Å². The van der Waals surface area contributed by atoms with Gasteiger partial charge in [0, 0.05) is 23.9 Å². The topological polar surface area (TPSA) is 34.1 Å². The molecule has 0 aliphatic heterocycles. The number of hydrogen-bond acceptors (Lipinski definition) is 3. The zero-order valence-corrected chi connectivity index (χ0v) is 11.0. The van der Waals surface area contributed by atoms with E-state index in [0.29, 0.717) is 11.9 Å². The molecule has 1 aromatic carbocycles. The minimum absolute atomic E-state index is 0.369. The van der Waals surface area contributed by atoms with Gasteiger partial charge in [0.25, 0.3) is 0 Å². The fraction of sp³-hybridized carbons (Fsp3) is 0.267. The average molecular weight is 242 g/mol. The van der Waals surface area contributed by atoms with Crippen molar-refractivity contribution in [2.24, 2.45) is 0 Å². The monoisotopic (exact) mass is 242 g/mol. The summed E-state index contributed by atoms with van der Waals surface area (Å²) in [6, 6.07) is 12.8. The van der Waals surface area contributed by atoms with E-state index in [1.165, 1.54) is 5.56 Å². The quantitative estimate of drug-likeness (QED) is 0.894. The summed E-state index contributed by atoms with van der Waals surface area (Å²) < 4.78 is 5.05. The SMILES string of the molecule is CNC(C)c1ccc(-c2ccc(OC)nc2)cc1. The molecule has 0 saturated heterocycles. The lowest BCUT2D eigenvalue weighted by Crippen LogP contribution is -2.11. The molecule has 1 atom stereocenters. The molecule has 0 fully saturated rings. The summed E-state index contributed by atoms with van der Waals surface area (Å²) in [7, 11) is 3.59. The van der Waals surface area contributed by atoms with Gasteiger partial charge in [0.1, 0.15) is 0 Å². The number of hydrogen-bond donors (Lipinski definition) is 1. The first-order chi connectivity index (χ1) is 8.74. The van der Waals surface area contributed by atoms with Crippen LogP contribution >= 0.6 is 0 Å². The number of aromatic nitrogens is 1. The van der Waals surface area contributed by atoms with Gasteiger partial charge in [0.05, 0.1) is 7.11 Å². The van der Waals surface area contributed by atoms with Gasteiger partial charge >= 0.3 is 0 Å². The van der Waals surface area contributed by atoms with Crippen molar-refractivity contribution in [1.29, 1.82) is 0 Å². The van der Waals surface area contributed by atoms with Crippen LogP contribution in [0.2, 0.25) is 0 Å². The lowest BCUT2D eigenvalue weighted by atomic mass is 10.0. The molecule has 0 saturated carbocycles. The summed E-state index contributed by atoms with van der Waals surface area (Å²) in [6.45, 7) is 2.14. The van der Waals surface area contributed by atoms with E-state index >= 15 is 0 Å². The molecule has 18 heavy (non-hydrogen) atoms. The second-order valence-corrected chi connectivity index (χ2v) is 4.22. The van der Waals surface area contributed by atoms with Crippen LogP contribution in [0.3, 0.4) is 0 Å². The number of pyridine rings is 1. The third kappa shape index (κ3) is 2.68. The van der Waals surface area contributed by atoms with Crippen LogP contribution in [0.15, 0.2) is 42.6 Å². The highest BCUT2D eigenvalue weighted by atomic mass is 16.5. The van der Waals surface area contributed by atoms with Gasteiger partial charge in [-0.25, -0.2) is 4.98 Å². The molecule has 1 aromatic heterocycles. The molecule has 3 heteroatoms. The van der Waals surface area contributed by atoms with Gasteiger partial charge in [0.2, 0.25) is 5.88 Å². The Kier molecular flexibility index (Phi) is 3.95. The number of benzene rings is 1. The lowest BCUT2D eigenvalue weighted by molar-refractivity contribution is 0.398. The maximum Gasteiger partial charge on any atom is 0.212 e. The number of ether oxygens (including phenoxy) is 1. The largest absolute Gasteiger partial charge is 0.481 e. The van der Waals surface area contributed by atoms with Crippen molar-refractivity contribution in [2.75, 3.05) is 14.2 Å². The van der Waals surface area contributed by atoms with E-state index in [-0.39, 0.29) is 0 Å². The second-order valence-electron chi connectivity index (χ2n) is 4.22. The van der Waals surface area contributed by atoms with Gasteiger partial charge in [-0.1, -0.05) is 24.3 Å². The van der Waals surface area contributed by atoms with Gasteiger partial charge in [-0.2, -0.15) is 0 Å². The third-order valence-corrected chi connectivity index (χ3v) is 3.12. The van der Waals surface area contributed by atoms with Crippen molar-refractivity contribution >= 4 is 0 Å². The summed E-state index contributed by atoms with van der Waals surface area (Å²) in [4.78, 5) is 4.21. The number of rotatable bonds is 4. The molecule has 2 aromatic rings. The summed E-state index contributed by atoms with van der Waals surface area (Å²) in [5, 5.41) is 3.23. The predicted octanol–water partition coefficient (Wildman–Crippen LogP) is 3.04. The summed E-state index contributed by atoms with van der Waals surface area (Å²) in [5.74, 6) is 0.638. The maximum atomic E-state index is 5.05. The molecule has 0 bridgehead atoms. The average Bonchev–Trinajstić information content (AvgIpc) is 2.47. The molecule has 1 unspecified atom stereocenters. The van der Waals surface area contributed by atoms with Gasteiger partial charge < -0.3 is 10.1 Å². The molecule has 0 amide bonds. The van der Waals surface area contributed by atoms with E-state index in [9.17, 15) is 0 Å². The first kappa shape index (κ1) is 12.6. The molecule has 0 aliphatic carbocycles. The van der Waals surface area contributed by atoms with E-state index in [0.717, 1.165) is 11.1 Å². The molecule has 1 heterocycles. The Morgan fingerprint density at radius 3 is 2.22 bits per heavy atom. The highest BCUT2D eigenvalue weighted by Gasteiger charge is 2.03. The molecular formula is C15H18N2O. The van der Waals surface area contributed by atoms with Crippen LogP contribution in [0.5, 0.6) is 5.88 Å². The molecule has 1 N–H and O–H groups in total. The van der Waals surface area contributed by atoms with Crippen LogP contribution in [0.25, 0.3) is 11.1 Å². The van der Waals surface area contributed by atoms with Gasteiger partial charge in [-0.15, -0.1) is 0 Å². The zero-order chi connectivity index (χ0) is 13.0. The Bertz CT molecular complexity index is 491. The maximum absolute atomic E-state index is 5.05. The fourth-order valence-corrected chi connectivity index (χ4v) is 1.80. The second kappa shape index (κ2) is 5.65. The van der Waals surface area contributed by atoms with Crippen molar-refractivity contribution in [1.82, 2.24) is 10.3 Å². The van der Waals surface area contributed by atoms with E-state index in [4.69, 9.17) is 4.74 Å². The van der Waals surface area contributed by atoms with E-state index in [1.807, 2.05) is 25.4 Å². The van der Waals surface area contributed by atoms with Crippen molar-refractivity contribution in [3.8, 4) is 17.0 Å². The van der Waals surface area contributed by atoms with Gasteiger partial charge in [0.15, 0.2) is 0 Å². The van der Waals surface area contributed by atoms with Crippen LogP contribution in [-0.4, -0.2) is 19.1 Å². The summed E-state index contributed by atoms with van der Waals surface area (Å²) in [5.41, 5.74) is 3.54. The van der Waals surface area contributed by atoms with Gasteiger partial charge in [-0.05, 0) is 31.2 Å². The Hall–Kier alpha value is -1.87. The van der Waals surface area contributed by atoms with E-state index < -0.39 is 0 Å². The van der Waals surface area contributed by atoms with Crippen molar-refractivity contribution in [3.63, 3.8) is 0 Å².